The van der Waals surface area contributed by atoms with Crippen molar-refractivity contribution in [2.75, 3.05) is 11.2 Å². The maximum atomic E-state index is 10.3. The second-order valence-corrected chi connectivity index (χ2v) is 3.40. The quantitative estimate of drug-likeness (QED) is 0.725. The summed E-state index contributed by atoms with van der Waals surface area (Å²) in [6.07, 6.45) is 1.74. The summed E-state index contributed by atoms with van der Waals surface area (Å²) in [4.78, 5) is 0. The third kappa shape index (κ3) is 3.40. The first-order valence-electron chi connectivity index (χ1n) is 3.76. The average molecular weight is 197 g/mol. The number of benzene rings is 1. The number of hydrogen-bond acceptors (Lipinski definition) is 2. The van der Waals surface area contributed by atoms with Crippen LogP contribution in [-0.4, -0.2) is 14.6 Å². The number of anilines is 1. The van der Waals surface area contributed by atoms with Gasteiger partial charge in [0.2, 0.25) is 0 Å². The molecule has 0 amide bonds. The molecular formula is C9H11NO2S. The lowest BCUT2D eigenvalue weighted by Gasteiger charge is -2.02. The molecule has 1 aromatic rings. The highest BCUT2D eigenvalue weighted by Crippen LogP contribution is 2.09. The van der Waals surface area contributed by atoms with Gasteiger partial charge in [0.25, 0.3) is 0 Å². The Morgan fingerprint density at radius 1 is 1.46 bits per heavy atom. The second-order valence-electron chi connectivity index (χ2n) is 2.47. The molecule has 0 aliphatic carbocycles. The molecule has 1 unspecified atom stereocenters. The smallest absolute Gasteiger partial charge is 0.172 e. The Balaban J connectivity index is 2.59. The minimum Gasteiger partial charge on any atom is -0.372 e. The second kappa shape index (κ2) is 4.79. The van der Waals surface area contributed by atoms with Crippen LogP contribution >= 0.6 is 0 Å². The van der Waals surface area contributed by atoms with E-state index < -0.39 is 11.1 Å². The van der Waals surface area contributed by atoms with Crippen molar-refractivity contribution in [1.82, 2.24) is 0 Å². The summed E-state index contributed by atoms with van der Waals surface area (Å²) >= 11 is -1.80. The lowest BCUT2D eigenvalue weighted by molar-refractivity contribution is 0.566. The van der Waals surface area contributed by atoms with Crippen LogP contribution < -0.4 is 5.32 Å². The normalized spacial score (nSPS) is 12.1. The van der Waals surface area contributed by atoms with Crippen molar-refractivity contribution in [3.8, 4) is 0 Å². The van der Waals surface area contributed by atoms with Crippen LogP contribution in [0.5, 0.6) is 0 Å². The predicted molar refractivity (Wildman–Crippen MR) is 55.8 cm³/mol. The fraction of sp³-hybridized carbons (Fsp3) is 0.111. The maximum Gasteiger partial charge on any atom is 0.172 e. The summed E-state index contributed by atoms with van der Waals surface area (Å²) in [6, 6.07) is 7.44. The van der Waals surface area contributed by atoms with E-state index in [4.69, 9.17) is 4.55 Å². The summed E-state index contributed by atoms with van der Waals surface area (Å²) < 4.78 is 18.8. The van der Waals surface area contributed by atoms with Crippen molar-refractivity contribution in [3.63, 3.8) is 0 Å². The van der Waals surface area contributed by atoms with E-state index in [1.807, 2.05) is 24.3 Å². The van der Waals surface area contributed by atoms with Gasteiger partial charge < -0.3 is 9.87 Å². The lowest BCUT2D eigenvalue weighted by atomic mass is 10.2. The van der Waals surface area contributed by atoms with Gasteiger partial charge in [-0.3, -0.25) is 0 Å². The molecule has 1 aromatic carbocycles. The SMILES string of the molecule is C=Cc1ccc(NCS(=O)O)cc1. The van der Waals surface area contributed by atoms with Crippen LogP contribution in [0.3, 0.4) is 0 Å². The zero-order chi connectivity index (χ0) is 9.68. The van der Waals surface area contributed by atoms with Gasteiger partial charge in [-0.05, 0) is 17.7 Å². The summed E-state index contributed by atoms with van der Waals surface area (Å²) in [7, 11) is 0. The molecule has 0 fully saturated rings. The Labute approximate surface area is 79.8 Å². The third-order valence-corrected chi connectivity index (χ3v) is 1.94. The molecule has 3 nitrogen and oxygen atoms in total. The zero-order valence-corrected chi connectivity index (χ0v) is 7.88. The maximum absolute atomic E-state index is 10.3. The molecule has 0 bridgehead atoms. The number of rotatable bonds is 4. The van der Waals surface area contributed by atoms with Crippen molar-refractivity contribution in [2.24, 2.45) is 0 Å². The zero-order valence-electron chi connectivity index (χ0n) is 7.06. The molecule has 13 heavy (non-hydrogen) atoms. The Kier molecular flexibility index (Phi) is 3.67. The Morgan fingerprint density at radius 3 is 2.54 bits per heavy atom. The van der Waals surface area contributed by atoms with Crippen molar-refractivity contribution in [1.29, 1.82) is 0 Å². The molecule has 0 heterocycles. The van der Waals surface area contributed by atoms with E-state index in [-0.39, 0.29) is 5.88 Å². The van der Waals surface area contributed by atoms with Crippen LogP contribution in [0.4, 0.5) is 5.69 Å². The van der Waals surface area contributed by atoms with E-state index in [9.17, 15) is 4.21 Å². The number of hydrogen-bond donors (Lipinski definition) is 2. The molecule has 1 rings (SSSR count). The van der Waals surface area contributed by atoms with Gasteiger partial charge in [0.1, 0.15) is 5.88 Å². The molecular weight excluding hydrogens is 186 g/mol. The molecule has 0 saturated heterocycles. The minimum absolute atomic E-state index is 0.0490. The van der Waals surface area contributed by atoms with Crippen LogP contribution in [0.25, 0.3) is 6.08 Å². The van der Waals surface area contributed by atoms with Gasteiger partial charge in [-0.2, -0.15) is 0 Å². The standard InChI is InChI=1S/C9H11NO2S/c1-2-8-3-5-9(6-4-8)10-7-13(11)12/h2-6,10H,1,7H2,(H,11,12). The summed E-state index contributed by atoms with van der Waals surface area (Å²) in [5.74, 6) is 0.0490. The van der Waals surface area contributed by atoms with Crippen molar-refractivity contribution in [3.05, 3.63) is 36.4 Å². The Bertz CT molecular complexity index is 308. The van der Waals surface area contributed by atoms with Crippen LogP contribution in [-0.2, 0) is 11.1 Å². The summed E-state index contributed by atoms with van der Waals surface area (Å²) in [6.45, 7) is 3.63. The van der Waals surface area contributed by atoms with E-state index in [2.05, 4.69) is 11.9 Å². The van der Waals surface area contributed by atoms with Crippen molar-refractivity contribution >= 4 is 22.8 Å². The predicted octanol–water partition coefficient (Wildman–Crippen LogP) is 1.92. The highest BCUT2D eigenvalue weighted by Gasteiger charge is 1.93. The van der Waals surface area contributed by atoms with Crippen LogP contribution in [0.15, 0.2) is 30.8 Å². The highest BCUT2D eigenvalue weighted by molar-refractivity contribution is 7.79. The fourth-order valence-electron chi connectivity index (χ4n) is 0.882. The fourth-order valence-corrected chi connectivity index (χ4v) is 1.17. The van der Waals surface area contributed by atoms with Gasteiger partial charge in [0.05, 0.1) is 0 Å². The molecule has 1 atom stereocenters. The van der Waals surface area contributed by atoms with Gasteiger partial charge in [-0.15, -0.1) is 0 Å². The van der Waals surface area contributed by atoms with Gasteiger partial charge in [-0.1, -0.05) is 24.8 Å². The van der Waals surface area contributed by atoms with Gasteiger partial charge in [0.15, 0.2) is 11.1 Å². The van der Waals surface area contributed by atoms with E-state index in [0.29, 0.717) is 0 Å². The van der Waals surface area contributed by atoms with Crippen molar-refractivity contribution in [2.45, 2.75) is 0 Å². The third-order valence-electron chi connectivity index (χ3n) is 1.55. The molecule has 0 spiro atoms. The summed E-state index contributed by atoms with van der Waals surface area (Å²) in [5, 5.41) is 2.81. The Morgan fingerprint density at radius 2 is 2.08 bits per heavy atom. The number of nitrogens with one attached hydrogen (secondary N) is 1. The topological polar surface area (TPSA) is 49.3 Å². The molecule has 0 aromatic heterocycles. The van der Waals surface area contributed by atoms with E-state index in [0.717, 1.165) is 11.3 Å². The molecule has 4 heteroatoms. The Hall–Kier alpha value is -1.13. The van der Waals surface area contributed by atoms with E-state index in [1.165, 1.54) is 0 Å². The largest absolute Gasteiger partial charge is 0.372 e. The molecule has 0 radical (unpaired) electrons. The first kappa shape index (κ1) is 9.95. The average Bonchev–Trinajstić information content (AvgIpc) is 2.15. The highest BCUT2D eigenvalue weighted by atomic mass is 32.2. The summed E-state index contributed by atoms with van der Waals surface area (Å²) in [5.41, 5.74) is 1.85. The molecule has 70 valence electrons. The monoisotopic (exact) mass is 197 g/mol. The first-order valence-corrected chi connectivity index (χ1v) is 5.04. The minimum atomic E-state index is -1.80. The van der Waals surface area contributed by atoms with Gasteiger partial charge in [-0.25, -0.2) is 4.21 Å². The lowest BCUT2D eigenvalue weighted by Crippen LogP contribution is -2.06. The van der Waals surface area contributed by atoms with Gasteiger partial charge >= 0.3 is 0 Å². The van der Waals surface area contributed by atoms with Crippen LogP contribution in [0.2, 0.25) is 0 Å². The molecule has 2 N–H and O–H groups in total. The van der Waals surface area contributed by atoms with E-state index in [1.54, 1.807) is 6.08 Å². The van der Waals surface area contributed by atoms with Crippen LogP contribution in [0.1, 0.15) is 5.56 Å². The molecule has 0 saturated carbocycles. The van der Waals surface area contributed by atoms with Crippen molar-refractivity contribution < 1.29 is 8.76 Å². The first-order chi connectivity index (χ1) is 6.22. The van der Waals surface area contributed by atoms with E-state index >= 15 is 0 Å². The van der Waals surface area contributed by atoms with Crippen LogP contribution in [0, 0.1) is 0 Å². The molecule has 0 aliphatic rings. The molecule has 0 aliphatic heterocycles. The van der Waals surface area contributed by atoms with Gasteiger partial charge in [0, 0.05) is 5.69 Å².